The van der Waals surface area contributed by atoms with E-state index in [9.17, 15) is 4.79 Å². The smallest absolute Gasteiger partial charge is 0.227 e. The quantitative estimate of drug-likeness (QED) is 0.856. The highest BCUT2D eigenvalue weighted by Gasteiger charge is 2.29. The molecule has 3 heterocycles. The molecule has 5 nitrogen and oxygen atoms in total. The minimum absolute atomic E-state index is 0.00429. The molecule has 0 radical (unpaired) electrons. The molecule has 5 heteroatoms. The van der Waals surface area contributed by atoms with Crippen molar-refractivity contribution in [2.24, 2.45) is 5.92 Å². The second kappa shape index (κ2) is 7.95. The molecule has 2 aliphatic rings. The molecule has 0 N–H and O–H groups in total. The van der Waals surface area contributed by atoms with E-state index >= 15 is 0 Å². The van der Waals surface area contributed by atoms with E-state index in [-0.39, 0.29) is 11.8 Å². The number of rotatable bonds is 4. The predicted octanol–water partition coefficient (Wildman–Crippen LogP) is 2.39. The van der Waals surface area contributed by atoms with Crippen molar-refractivity contribution < 1.29 is 4.79 Å². The minimum atomic E-state index is 0.00429. The lowest BCUT2D eigenvalue weighted by molar-refractivity contribution is -0.137. The van der Waals surface area contributed by atoms with E-state index in [4.69, 9.17) is 0 Å². The van der Waals surface area contributed by atoms with Crippen LogP contribution in [-0.4, -0.2) is 57.7 Å². The van der Waals surface area contributed by atoms with Crippen molar-refractivity contribution in [3.05, 3.63) is 18.5 Å². The van der Waals surface area contributed by atoms with Crippen LogP contribution in [0.1, 0.15) is 45.4 Å². The molecule has 1 aromatic heterocycles. The molecular formula is C18H30N4O. The second-order valence-electron chi connectivity index (χ2n) is 7.14. The molecule has 2 saturated heterocycles. The third kappa shape index (κ3) is 4.34. The van der Waals surface area contributed by atoms with Gasteiger partial charge in [-0.25, -0.2) is 0 Å². The molecule has 2 aliphatic heterocycles. The zero-order valence-electron chi connectivity index (χ0n) is 14.4. The summed E-state index contributed by atoms with van der Waals surface area (Å²) >= 11 is 0. The molecule has 0 saturated carbocycles. The zero-order valence-corrected chi connectivity index (χ0v) is 14.4. The van der Waals surface area contributed by atoms with Gasteiger partial charge in [-0.05, 0) is 44.8 Å². The van der Waals surface area contributed by atoms with Crippen molar-refractivity contribution in [3.8, 4) is 0 Å². The number of amides is 1. The van der Waals surface area contributed by atoms with Crippen molar-refractivity contribution in [2.45, 2.75) is 58.0 Å². The molecule has 3 rings (SSSR count). The van der Waals surface area contributed by atoms with E-state index in [1.807, 2.05) is 23.9 Å². The number of aromatic nitrogens is 2. The summed E-state index contributed by atoms with van der Waals surface area (Å²) < 4.78 is 1.85. The van der Waals surface area contributed by atoms with Crippen molar-refractivity contribution in [1.29, 1.82) is 0 Å². The molecule has 1 atom stereocenters. The molecule has 0 bridgehead atoms. The normalized spacial score (nSPS) is 22.7. The van der Waals surface area contributed by atoms with Crippen LogP contribution in [0.3, 0.4) is 0 Å². The maximum Gasteiger partial charge on any atom is 0.227 e. The van der Waals surface area contributed by atoms with E-state index < -0.39 is 0 Å². The Kier molecular flexibility index (Phi) is 5.70. The number of piperidine rings is 1. The van der Waals surface area contributed by atoms with Crippen molar-refractivity contribution in [1.82, 2.24) is 19.6 Å². The first-order valence-corrected chi connectivity index (χ1v) is 9.24. The monoisotopic (exact) mass is 318 g/mol. The average molecular weight is 318 g/mol. The van der Waals surface area contributed by atoms with Crippen LogP contribution in [0.5, 0.6) is 0 Å². The van der Waals surface area contributed by atoms with Gasteiger partial charge in [0.25, 0.3) is 0 Å². The van der Waals surface area contributed by atoms with E-state index in [0.717, 1.165) is 25.9 Å². The average Bonchev–Trinajstić information content (AvgIpc) is 2.94. The maximum atomic E-state index is 12.6. The summed E-state index contributed by atoms with van der Waals surface area (Å²) in [5.74, 6) is 0.291. The highest BCUT2D eigenvalue weighted by Crippen LogP contribution is 2.21. The SMILES string of the molecule is CC(Cn1cccn1)C(=O)N1CCC(N2CCCCCC2)CC1. The highest BCUT2D eigenvalue weighted by atomic mass is 16.2. The first kappa shape index (κ1) is 16.5. The van der Waals surface area contributed by atoms with Gasteiger partial charge >= 0.3 is 0 Å². The fourth-order valence-electron chi connectivity index (χ4n) is 3.99. The Hall–Kier alpha value is -1.36. The van der Waals surface area contributed by atoms with E-state index in [2.05, 4.69) is 14.9 Å². The predicted molar refractivity (Wildman–Crippen MR) is 91.0 cm³/mol. The van der Waals surface area contributed by atoms with E-state index in [0.29, 0.717) is 12.6 Å². The lowest BCUT2D eigenvalue weighted by Crippen LogP contribution is -2.48. The van der Waals surface area contributed by atoms with Crippen molar-refractivity contribution in [3.63, 3.8) is 0 Å². The summed E-state index contributed by atoms with van der Waals surface area (Å²) in [5.41, 5.74) is 0. The van der Waals surface area contributed by atoms with Crippen LogP contribution < -0.4 is 0 Å². The van der Waals surface area contributed by atoms with Gasteiger partial charge in [-0.15, -0.1) is 0 Å². The molecule has 0 aromatic carbocycles. The van der Waals surface area contributed by atoms with Gasteiger partial charge < -0.3 is 9.80 Å². The molecule has 1 aromatic rings. The van der Waals surface area contributed by atoms with Gasteiger partial charge in [-0.3, -0.25) is 9.48 Å². The fraction of sp³-hybridized carbons (Fsp3) is 0.778. The fourth-order valence-corrected chi connectivity index (χ4v) is 3.99. The summed E-state index contributed by atoms with van der Waals surface area (Å²) in [6.45, 7) is 7.05. The first-order valence-electron chi connectivity index (χ1n) is 9.24. The lowest BCUT2D eigenvalue weighted by atomic mass is 10.0. The molecule has 0 spiro atoms. The summed E-state index contributed by atoms with van der Waals surface area (Å²) in [5, 5.41) is 4.21. The Balaban J connectivity index is 1.46. The van der Waals surface area contributed by atoms with Crippen LogP contribution in [0.25, 0.3) is 0 Å². The first-order chi connectivity index (χ1) is 11.2. The third-order valence-electron chi connectivity index (χ3n) is 5.37. The van der Waals surface area contributed by atoms with Gasteiger partial charge in [-0.1, -0.05) is 19.8 Å². The van der Waals surface area contributed by atoms with Gasteiger partial charge in [-0.2, -0.15) is 5.10 Å². The van der Waals surface area contributed by atoms with Crippen LogP contribution in [0.2, 0.25) is 0 Å². The van der Waals surface area contributed by atoms with Crippen molar-refractivity contribution in [2.75, 3.05) is 26.2 Å². The van der Waals surface area contributed by atoms with Crippen LogP contribution in [0.15, 0.2) is 18.5 Å². The van der Waals surface area contributed by atoms with E-state index in [1.54, 1.807) is 6.20 Å². The van der Waals surface area contributed by atoms with Gasteiger partial charge in [0, 0.05) is 31.5 Å². The molecule has 0 aliphatic carbocycles. The lowest BCUT2D eigenvalue weighted by Gasteiger charge is -2.39. The third-order valence-corrected chi connectivity index (χ3v) is 5.37. The van der Waals surface area contributed by atoms with Crippen LogP contribution in [-0.2, 0) is 11.3 Å². The maximum absolute atomic E-state index is 12.6. The minimum Gasteiger partial charge on any atom is -0.342 e. The molecule has 1 unspecified atom stereocenters. The molecule has 23 heavy (non-hydrogen) atoms. The number of likely N-dealkylation sites (tertiary alicyclic amines) is 2. The van der Waals surface area contributed by atoms with Crippen LogP contribution >= 0.6 is 0 Å². The summed E-state index contributed by atoms with van der Waals surface area (Å²) in [7, 11) is 0. The Morgan fingerprint density at radius 3 is 2.43 bits per heavy atom. The standard InChI is InChI=1S/C18H30N4O/c1-16(15-22-12-6-9-19-22)18(23)21-13-7-17(8-14-21)20-10-4-2-3-5-11-20/h6,9,12,16-17H,2-5,7-8,10-11,13-15H2,1H3. The number of nitrogens with zero attached hydrogens (tertiary/aromatic N) is 4. The molecule has 128 valence electrons. The Morgan fingerprint density at radius 2 is 1.83 bits per heavy atom. The summed E-state index contributed by atoms with van der Waals surface area (Å²) in [6, 6.07) is 2.60. The second-order valence-corrected chi connectivity index (χ2v) is 7.14. The van der Waals surface area contributed by atoms with Gasteiger partial charge in [0.1, 0.15) is 0 Å². The largest absolute Gasteiger partial charge is 0.342 e. The van der Waals surface area contributed by atoms with Gasteiger partial charge in [0.15, 0.2) is 0 Å². The van der Waals surface area contributed by atoms with Gasteiger partial charge in [0.2, 0.25) is 5.91 Å². The van der Waals surface area contributed by atoms with Gasteiger partial charge in [0.05, 0.1) is 12.5 Å². The number of hydrogen-bond donors (Lipinski definition) is 0. The Labute approximate surface area is 139 Å². The van der Waals surface area contributed by atoms with Crippen LogP contribution in [0.4, 0.5) is 0 Å². The highest BCUT2D eigenvalue weighted by molar-refractivity contribution is 5.78. The molecule has 1 amide bonds. The summed E-state index contributed by atoms with van der Waals surface area (Å²) in [4.78, 5) is 17.4. The zero-order chi connectivity index (χ0) is 16.1. The Bertz CT molecular complexity index is 471. The Morgan fingerprint density at radius 1 is 1.13 bits per heavy atom. The van der Waals surface area contributed by atoms with Crippen molar-refractivity contribution >= 4 is 5.91 Å². The summed E-state index contributed by atoms with van der Waals surface area (Å²) in [6.07, 6.45) is 11.4. The van der Waals surface area contributed by atoms with E-state index in [1.165, 1.54) is 38.8 Å². The number of hydrogen-bond acceptors (Lipinski definition) is 3. The topological polar surface area (TPSA) is 41.4 Å². The number of carbonyl (C=O) groups is 1. The number of carbonyl (C=O) groups excluding carboxylic acids is 1. The molecule has 2 fully saturated rings. The molecular weight excluding hydrogens is 288 g/mol. The van der Waals surface area contributed by atoms with Crippen LogP contribution in [0, 0.1) is 5.92 Å².